The molecule has 1 aliphatic rings. The minimum absolute atomic E-state index is 0.00375. The molecule has 110 valence electrons. The second kappa shape index (κ2) is 5.27. The molecule has 0 bridgehead atoms. The van der Waals surface area contributed by atoms with Gasteiger partial charge >= 0.3 is 0 Å². The highest BCUT2D eigenvalue weighted by Gasteiger charge is 2.32. The van der Waals surface area contributed by atoms with E-state index in [9.17, 15) is 4.79 Å². The number of hydrogen-bond acceptors (Lipinski definition) is 4. The van der Waals surface area contributed by atoms with Crippen molar-refractivity contribution in [2.45, 2.75) is 39.3 Å². The summed E-state index contributed by atoms with van der Waals surface area (Å²) in [7, 11) is 0. The largest absolute Gasteiger partial charge is 0.327 e. The molecule has 1 atom stereocenters. The SMILES string of the molecule is CC(C)c1nnc2n1CCN(C(=O)c1cccnc1)[C@H]2C. The lowest BCUT2D eigenvalue weighted by molar-refractivity contribution is 0.0635. The van der Waals surface area contributed by atoms with Crippen LogP contribution in [0.3, 0.4) is 0 Å². The Labute approximate surface area is 123 Å². The zero-order valence-corrected chi connectivity index (χ0v) is 12.5. The van der Waals surface area contributed by atoms with Crippen molar-refractivity contribution in [3.05, 3.63) is 41.7 Å². The van der Waals surface area contributed by atoms with Gasteiger partial charge in [-0.15, -0.1) is 10.2 Å². The first-order chi connectivity index (χ1) is 10.1. The number of aromatic nitrogens is 4. The van der Waals surface area contributed by atoms with Gasteiger partial charge in [0.2, 0.25) is 0 Å². The summed E-state index contributed by atoms with van der Waals surface area (Å²) in [4.78, 5) is 18.4. The normalized spacial score (nSPS) is 17.9. The average Bonchev–Trinajstić information content (AvgIpc) is 2.93. The molecule has 0 aromatic carbocycles. The van der Waals surface area contributed by atoms with Crippen LogP contribution in [0.15, 0.2) is 24.5 Å². The number of fused-ring (bicyclic) bond motifs is 1. The number of nitrogens with zero attached hydrogens (tertiary/aromatic N) is 5. The van der Waals surface area contributed by atoms with E-state index in [2.05, 4.69) is 33.6 Å². The molecule has 0 aliphatic carbocycles. The summed E-state index contributed by atoms with van der Waals surface area (Å²) in [5.41, 5.74) is 0.612. The summed E-state index contributed by atoms with van der Waals surface area (Å²) in [6.07, 6.45) is 3.27. The fourth-order valence-corrected chi connectivity index (χ4v) is 2.77. The third kappa shape index (κ3) is 2.30. The van der Waals surface area contributed by atoms with Gasteiger partial charge in [-0.1, -0.05) is 13.8 Å². The second-order valence-electron chi connectivity index (χ2n) is 5.64. The number of pyridine rings is 1. The Morgan fingerprint density at radius 3 is 2.81 bits per heavy atom. The highest BCUT2D eigenvalue weighted by atomic mass is 16.2. The molecule has 2 aromatic heterocycles. The molecule has 3 rings (SSSR count). The van der Waals surface area contributed by atoms with Gasteiger partial charge in [-0.2, -0.15) is 0 Å². The molecule has 21 heavy (non-hydrogen) atoms. The van der Waals surface area contributed by atoms with Crippen molar-refractivity contribution in [2.75, 3.05) is 6.54 Å². The molecule has 0 saturated carbocycles. The van der Waals surface area contributed by atoms with E-state index in [4.69, 9.17) is 0 Å². The van der Waals surface area contributed by atoms with Crippen molar-refractivity contribution in [1.82, 2.24) is 24.6 Å². The molecule has 1 amide bonds. The Balaban J connectivity index is 1.89. The number of amides is 1. The number of carbonyl (C=O) groups excluding carboxylic acids is 1. The van der Waals surface area contributed by atoms with Gasteiger partial charge in [-0.05, 0) is 19.1 Å². The Bertz CT molecular complexity index is 649. The minimum atomic E-state index is -0.0774. The van der Waals surface area contributed by atoms with E-state index in [0.717, 1.165) is 18.2 Å². The van der Waals surface area contributed by atoms with E-state index < -0.39 is 0 Å². The molecule has 6 nitrogen and oxygen atoms in total. The van der Waals surface area contributed by atoms with Crippen molar-refractivity contribution >= 4 is 5.91 Å². The van der Waals surface area contributed by atoms with Gasteiger partial charge in [0, 0.05) is 31.4 Å². The van der Waals surface area contributed by atoms with Crippen LogP contribution in [0.25, 0.3) is 0 Å². The first-order valence-electron chi connectivity index (χ1n) is 7.23. The molecule has 1 aliphatic heterocycles. The fraction of sp³-hybridized carbons (Fsp3) is 0.467. The summed E-state index contributed by atoms with van der Waals surface area (Å²) in [5, 5.41) is 8.57. The summed E-state index contributed by atoms with van der Waals surface area (Å²) in [6, 6.07) is 3.49. The lowest BCUT2D eigenvalue weighted by Gasteiger charge is -2.34. The van der Waals surface area contributed by atoms with Crippen molar-refractivity contribution in [3.8, 4) is 0 Å². The van der Waals surface area contributed by atoms with E-state index in [1.54, 1.807) is 24.5 Å². The quantitative estimate of drug-likeness (QED) is 0.846. The van der Waals surface area contributed by atoms with E-state index in [0.29, 0.717) is 18.0 Å². The number of carbonyl (C=O) groups is 1. The summed E-state index contributed by atoms with van der Waals surface area (Å²) in [6.45, 7) is 7.62. The van der Waals surface area contributed by atoms with Crippen LogP contribution in [0, 0.1) is 0 Å². The van der Waals surface area contributed by atoms with Crippen LogP contribution < -0.4 is 0 Å². The molecule has 0 N–H and O–H groups in total. The molecular formula is C15H19N5O. The second-order valence-corrected chi connectivity index (χ2v) is 5.64. The van der Waals surface area contributed by atoms with Gasteiger partial charge in [0.25, 0.3) is 5.91 Å². The molecule has 2 aromatic rings. The first-order valence-corrected chi connectivity index (χ1v) is 7.23. The number of hydrogen-bond donors (Lipinski definition) is 0. The third-order valence-corrected chi connectivity index (χ3v) is 3.90. The molecule has 0 fully saturated rings. The van der Waals surface area contributed by atoms with E-state index in [1.807, 2.05) is 11.8 Å². The lowest BCUT2D eigenvalue weighted by atomic mass is 10.1. The highest BCUT2D eigenvalue weighted by molar-refractivity contribution is 5.94. The maximum absolute atomic E-state index is 12.6. The lowest BCUT2D eigenvalue weighted by Crippen LogP contribution is -2.41. The van der Waals surface area contributed by atoms with Gasteiger partial charge in [-0.3, -0.25) is 9.78 Å². The molecule has 0 saturated heterocycles. The molecule has 0 unspecified atom stereocenters. The van der Waals surface area contributed by atoms with Crippen molar-refractivity contribution < 1.29 is 4.79 Å². The Hall–Kier alpha value is -2.24. The monoisotopic (exact) mass is 285 g/mol. The maximum Gasteiger partial charge on any atom is 0.256 e. The zero-order valence-electron chi connectivity index (χ0n) is 12.5. The Morgan fingerprint density at radius 2 is 2.14 bits per heavy atom. The van der Waals surface area contributed by atoms with E-state index in [-0.39, 0.29) is 11.9 Å². The van der Waals surface area contributed by atoms with Crippen LogP contribution in [0.4, 0.5) is 0 Å². The van der Waals surface area contributed by atoms with E-state index >= 15 is 0 Å². The van der Waals surface area contributed by atoms with Crippen LogP contribution in [0.1, 0.15) is 54.7 Å². The number of rotatable bonds is 2. The Morgan fingerprint density at radius 1 is 1.33 bits per heavy atom. The van der Waals surface area contributed by atoms with Gasteiger partial charge in [-0.25, -0.2) is 0 Å². The van der Waals surface area contributed by atoms with Crippen LogP contribution in [0.5, 0.6) is 0 Å². The Kier molecular flexibility index (Phi) is 3.45. The van der Waals surface area contributed by atoms with Crippen LogP contribution in [-0.4, -0.2) is 37.1 Å². The van der Waals surface area contributed by atoms with Gasteiger partial charge in [0.15, 0.2) is 5.82 Å². The predicted molar refractivity (Wildman–Crippen MR) is 77.8 cm³/mol. The first kappa shape index (κ1) is 13.7. The zero-order chi connectivity index (χ0) is 15.0. The van der Waals surface area contributed by atoms with Crippen molar-refractivity contribution in [2.24, 2.45) is 0 Å². The van der Waals surface area contributed by atoms with Gasteiger partial charge in [0.05, 0.1) is 11.6 Å². The van der Waals surface area contributed by atoms with Crippen molar-refractivity contribution in [1.29, 1.82) is 0 Å². The summed E-state index contributed by atoms with van der Waals surface area (Å²) in [5.74, 6) is 2.18. The molecular weight excluding hydrogens is 266 g/mol. The topological polar surface area (TPSA) is 63.9 Å². The van der Waals surface area contributed by atoms with Gasteiger partial charge < -0.3 is 9.47 Å². The maximum atomic E-state index is 12.6. The van der Waals surface area contributed by atoms with E-state index in [1.165, 1.54) is 0 Å². The summed E-state index contributed by atoms with van der Waals surface area (Å²) < 4.78 is 2.14. The van der Waals surface area contributed by atoms with Crippen LogP contribution >= 0.6 is 0 Å². The smallest absolute Gasteiger partial charge is 0.256 e. The standard InChI is InChI=1S/C15H19N5O/c1-10(2)13-17-18-14-11(3)19(7-8-20(13)14)15(21)12-5-4-6-16-9-12/h4-6,9-11H,7-8H2,1-3H3/t11-/m0/s1. The molecule has 0 radical (unpaired) electrons. The average molecular weight is 285 g/mol. The molecule has 6 heteroatoms. The third-order valence-electron chi connectivity index (χ3n) is 3.90. The van der Waals surface area contributed by atoms with Crippen LogP contribution in [-0.2, 0) is 6.54 Å². The van der Waals surface area contributed by atoms with Gasteiger partial charge in [0.1, 0.15) is 5.82 Å². The van der Waals surface area contributed by atoms with Crippen LogP contribution in [0.2, 0.25) is 0 Å². The van der Waals surface area contributed by atoms with Crippen molar-refractivity contribution in [3.63, 3.8) is 0 Å². The fourth-order valence-electron chi connectivity index (χ4n) is 2.77. The predicted octanol–water partition coefficient (Wildman–Crippen LogP) is 2.01. The minimum Gasteiger partial charge on any atom is -0.327 e. The summed E-state index contributed by atoms with van der Waals surface area (Å²) >= 11 is 0. The molecule has 0 spiro atoms. The highest BCUT2D eigenvalue weighted by Crippen LogP contribution is 2.27. The molecule has 3 heterocycles.